The van der Waals surface area contributed by atoms with Gasteiger partial charge in [-0.3, -0.25) is 4.40 Å². The second-order valence-corrected chi connectivity index (χ2v) is 6.17. The largest absolute Gasteiger partial charge is 0.478 e. The van der Waals surface area contributed by atoms with Crippen LogP contribution in [-0.2, 0) is 10.7 Å². The van der Waals surface area contributed by atoms with Gasteiger partial charge in [-0.25, -0.2) is 9.97 Å². The Labute approximate surface area is 161 Å². The van der Waals surface area contributed by atoms with Crippen molar-refractivity contribution in [3.63, 3.8) is 0 Å². The minimum Gasteiger partial charge on any atom is -0.478 e. The number of hydrogen-bond donors (Lipinski definition) is 0. The number of alkyl halides is 5. The normalized spacial score (nSPS) is 13.2. The van der Waals surface area contributed by atoms with E-state index in [1.165, 1.54) is 42.8 Å². The molecule has 0 radical (unpaired) electrons. The second-order valence-electron chi connectivity index (χ2n) is 6.17. The first-order valence-electron chi connectivity index (χ1n) is 8.04. The molecule has 0 N–H and O–H groups in total. The number of aromatic nitrogens is 3. The first-order valence-corrected chi connectivity index (χ1v) is 8.04. The van der Waals surface area contributed by atoms with Crippen LogP contribution in [-0.4, -0.2) is 54.4 Å². The van der Waals surface area contributed by atoms with Gasteiger partial charge in [0, 0.05) is 38.1 Å². The van der Waals surface area contributed by atoms with Gasteiger partial charge in [-0.15, -0.1) is 5.10 Å². The van der Waals surface area contributed by atoms with Crippen molar-refractivity contribution < 1.29 is 26.7 Å². The fraction of sp³-hybridized carbons (Fsp3) is 0.294. The Balaban J connectivity index is 2.38. The van der Waals surface area contributed by atoms with E-state index in [4.69, 9.17) is 4.74 Å². The maximum Gasteiger partial charge on any atom is 0.459 e. The standard InChI is InChI=1S/C17H15F5N6O/c1-23-26-15(29-4)10-8-28-13(24-10)6-5-9-11(27(2)3)7-12(25-14(9)28)16(18,19)17(20,21)22/h5-8H,1H2,2-4H3/b26-15-. The van der Waals surface area contributed by atoms with Gasteiger partial charge in [-0.05, 0) is 18.2 Å². The highest BCUT2D eigenvalue weighted by Crippen LogP contribution is 2.44. The maximum atomic E-state index is 14.0. The molecule has 0 aromatic carbocycles. The molecule has 3 rings (SSSR count). The summed E-state index contributed by atoms with van der Waals surface area (Å²) >= 11 is 0. The topological polar surface area (TPSA) is 67.4 Å². The predicted octanol–water partition coefficient (Wildman–Crippen LogP) is 3.61. The van der Waals surface area contributed by atoms with Crippen LogP contribution in [0.15, 0.2) is 34.6 Å². The molecule has 0 bridgehead atoms. The van der Waals surface area contributed by atoms with Gasteiger partial charge in [-0.1, -0.05) is 0 Å². The Bertz CT molecular complexity index is 1120. The Morgan fingerprint density at radius 3 is 2.41 bits per heavy atom. The highest BCUT2D eigenvalue weighted by Gasteiger charge is 2.60. The van der Waals surface area contributed by atoms with E-state index in [0.717, 1.165) is 6.07 Å². The lowest BCUT2D eigenvalue weighted by Gasteiger charge is -2.22. The third-order valence-electron chi connectivity index (χ3n) is 4.11. The van der Waals surface area contributed by atoms with Gasteiger partial charge in [0.1, 0.15) is 22.7 Å². The second kappa shape index (κ2) is 6.94. The molecule has 0 fully saturated rings. The fourth-order valence-electron chi connectivity index (χ4n) is 2.75. The van der Waals surface area contributed by atoms with Crippen molar-refractivity contribution in [1.29, 1.82) is 0 Å². The van der Waals surface area contributed by atoms with Gasteiger partial charge < -0.3 is 9.64 Å². The molecular weight excluding hydrogens is 399 g/mol. The summed E-state index contributed by atoms with van der Waals surface area (Å²) in [5, 5.41) is 7.35. The summed E-state index contributed by atoms with van der Waals surface area (Å²) < 4.78 is 73.2. The van der Waals surface area contributed by atoms with Crippen molar-refractivity contribution >= 4 is 35.0 Å². The van der Waals surface area contributed by atoms with Crippen LogP contribution in [0.3, 0.4) is 0 Å². The average Bonchev–Trinajstić information content (AvgIpc) is 3.08. The van der Waals surface area contributed by atoms with Crippen molar-refractivity contribution in [3.8, 4) is 0 Å². The number of rotatable bonds is 4. The van der Waals surface area contributed by atoms with Crippen LogP contribution < -0.4 is 4.90 Å². The van der Waals surface area contributed by atoms with Gasteiger partial charge >= 0.3 is 12.1 Å². The zero-order chi connectivity index (χ0) is 21.6. The van der Waals surface area contributed by atoms with E-state index in [0.29, 0.717) is 5.39 Å². The molecule has 12 heteroatoms. The molecule has 7 nitrogen and oxygen atoms in total. The molecule has 0 amide bonds. The maximum absolute atomic E-state index is 14.0. The number of hydrogen-bond acceptors (Lipinski definition) is 6. The van der Waals surface area contributed by atoms with Crippen LogP contribution in [0.25, 0.3) is 16.7 Å². The number of halogens is 5. The highest BCUT2D eigenvalue weighted by atomic mass is 19.4. The van der Waals surface area contributed by atoms with Crippen molar-refractivity contribution in [2.75, 3.05) is 26.1 Å². The molecule has 0 unspecified atom stereocenters. The minimum absolute atomic E-state index is 0.0125. The fourth-order valence-corrected chi connectivity index (χ4v) is 2.75. The molecule has 0 atom stereocenters. The third-order valence-corrected chi connectivity index (χ3v) is 4.11. The van der Waals surface area contributed by atoms with Crippen LogP contribution in [0.4, 0.5) is 27.6 Å². The van der Waals surface area contributed by atoms with Gasteiger partial charge in [0.15, 0.2) is 0 Å². The summed E-state index contributed by atoms with van der Waals surface area (Å²) in [6, 6.07) is 3.83. The number of imidazole rings is 1. The number of nitrogens with zero attached hydrogens (tertiary/aromatic N) is 6. The number of anilines is 1. The number of fused-ring (bicyclic) bond motifs is 3. The van der Waals surface area contributed by atoms with Gasteiger partial charge in [-0.2, -0.15) is 27.1 Å². The number of pyridine rings is 2. The Kier molecular flexibility index (Phi) is 4.89. The van der Waals surface area contributed by atoms with E-state index in [-0.39, 0.29) is 28.6 Å². The van der Waals surface area contributed by atoms with Crippen LogP contribution >= 0.6 is 0 Å². The zero-order valence-corrected chi connectivity index (χ0v) is 15.5. The summed E-state index contributed by atoms with van der Waals surface area (Å²) in [5.74, 6) is -5.15. The molecule has 3 aromatic rings. The van der Waals surface area contributed by atoms with E-state index in [9.17, 15) is 22.0 Å². The van der Waals surface area contributed by atoms with Crippen LogP contribution in [0.1, 0.15) is 11.4 Å². The molecule has 154 valence electrons. The van der Waals surface area contributed by atoms with Crippen molar-refractivity contribution in [2.24, 2.45) is 10.2 Å². The summed E-state index contributed by atoms with van der Waals surface area (Å²) in [5.41, 5.74) is -0.996. The Hall–Kier alpha value is -3.31. The molecule has 0 saturated heterocycles. The molecular formula is C17H15F5N6O. The molecule has 0 aliphatic carbocycles. The summed E-state index contributed by atoms with van der Waals surface area (Å²) in [4.78, 5) is 9.29. The minimum atomic E-state index is -5.79. The average molecular weight is 414 g/mol. The lowest BCUT2D eigenvalue weighted by Crippen LogP contribution is -2.34. The quantitative estimate of drug-likeness (QED) is 0.283. The molecule has 0 aliphatic heterocycles. The lowest BCUT2D eigenvalue weighted by atomic mass is 10.1. The molecule has 0 saturated carbocycles. The molecule has 3 heterocycles. The van der Waals surface area contributed by atoms with E-state index in [1.807, 2.05) is 0 Å². The number of methoxy groups -OCH3 is 1. The first kappa shape index (κ1) is 20.4. The Morgan fingerprint density at radius 2 is 1.86 bits per heavy atom. The third kappa shape index (κ3) is 3.34. The van der Waals surface area contributed by atoms with E-state index < -0.39 is 17.8 Å². The summed E-state index contributed by atoms with van der Waals surface area (Å²) in [7, 11) is 4.37. The predicted molar refractivity (Wildman–Crippen MR) is 97.9 cm³/mol. The Morgan fingerprint density at radius 1 is 1.17 bits per heavy atom. The van der Waals surface area contributed by atoms with Crippen LogP contribution in [0.5, 0.6) is 0 Å². The highest BCUT2D eigenvalue weighted by molar-refractivity contribution is 5.95. The van der Waals surface area contributed by atoms with Crippen molar-refractivity contribution in [1.82, 2.24) is 14.4 Å². The van der Waals surface area contributed by atoms with Gasteiger partial charge in [0.05, 0.1) is 7.11 Å². The van der Waals surface area contributed by atoms with Crippen molar-refractivity contribution in [3.05, 3.63) is 35.8 Å². The molecule has 3 aromatic heterocycles. The van der Waals surface area contributed by atoms with Crippen LogP contribution in [0.2, 0.25) is 0 Å². The summed E-state index contributed by atoms with van der Waals surface area (Å²) in [6.07, 6.45) is -4.44. The zero-order valence-electron chi connectivity index (χ0n) is 15.5. The van der Waals surface area contributed by atoms with Crippen LogP contribution in [0, 0.1) is 0 Å². The molecule has 0 aliphatic rings. The van der Waals surface area contributed by atoms with Crippen molar-refractivity contribution in [2.45, 2.75) is 12.1 Å². The first-order chi connectivity index (χ1) is 13.5. The SMILES string of the molecule is C=N/N=C(\OC)c1cn2c(ccc3c(N(C)C)cc(C(F)(F)C(F)(F)F)nc32)n1. The van der Waals surface area contributed by atoms with Gasteiger partial charge in [0.25, 0.3) is 5.90 Å². The van der Waals surface area contributed by atoms with Gasteiger partial charge in [0.2, 0.25) is 0 Å². The lowest BCUT2D eigenvalue weighted by molar-refractivity contribution is -0.290. The smallest absolute Gasteiger partial charge is 0.459 e. The van der Waals surface area contributed by atoms with E-state index >= 15 is 0 Å². The molecule has 29 heavy (non-hydrogen) atoms. The monoisotopic (exact) mass is 414 g/mol. The van der Waals surface area contributed by atoms with E-state index in [2.05, 4.69) is 26.9 Å². The summed E-state index contributed by atoms with van der Waals surface area (Å²) in [6.45, 7) is 3.21. The van der Waals surface area contributed by atoms with E-state index in [1.54, 1.807) is 6.07 Å². The number of ether oxygens (including phenoxy) is 1. The molecule has 0 spiro atoms.